The molecule has 3 nitrogen and oxygen atoms in total. The van der Waals surface area contributed by atoms with E-state index in [2.05, 4.69) is 0 Å². The summed E-state index contributed by atoms with van der Waals surface area (Å²) in [5.41, 5.74) is 5.70. The fourth-order valence-corrected chi connectivity index (χ4v) is 1.67. The van der Waals surface area contributed by atoms with Crippen molar-refractivity contribution in [2.24, 2.45) is 16.8 Å². The number of hydrogen-bond acceptors (Lipinski definition) is 4. The highest BCUT2D eigenvalue weighted by atomic mass is 32.2. The molecule has 10 heavy (non-hydrogen) atoms. The molecule has 4 heteroatoms. The first-order valence-corrected chi connectivity index (χ1v) is 4.37. The second-order valence-electron chi connectivity index (χ2n) is 2.82. The Bertz CT molecular complexity index is 102. The molecule has 60 valence electrons. The second kappa shape index (κ2) is 4.18. The van der Waals surface area contributed by atoms with Crippen LogP contribution in [0.1, 0.15) is 19.3 Å². The summed E-state index contributed by atoms with van der Waals surface area (Å²) < 4.78 is 5.00. The third kappa shape index (κ3) is 2.46. The molecule has 1 aliphatic rings. The van der Waals surface area contributed by atoms with Gasteiger partial charge in [-0.1, -0.05) is 0 Å². The van der Waals surface area contributed by atoms with Gasteiger partial charge in [-0.25, -0.2) is 0 Å². The van der Waals surface area contributed by atoms with Crippen molar-refractivity contribution in [3.05, 3.63) is 0 Å². The summed E-state index contributed by atoms with van der Waals surface area (Å²) in [6.07, 6.45) is 3.44. The number of nitrogens with two attached hydrogens (primary N) is 2. The smallest absolute Gasteiger partial charge is 0.0758 e. The minimum absolute atomic E-state index is 0.399. The van der Waals surface area contributed by atoms with E-state index in [-0.39, 0.29) is 0 Å². The fraction of sp³-hybridized carbons (Fsp3) is 1.00. The zero-order chi connectivity index (χ0) is 7.40. The van der Waals surface area contributed by atoms with E-state index in [4.69, 9.17) is 15.1 Å². The van der Waals surface area contributed by atoms with Crippen LogP contribution in [0.25, 0.3) is 0 Å². The van der Waals surface area contributed by atoms with Gasteiger partial charge in [-0.3, -0.25) is 5.14 Å². The van der Waals surface area contributed by atoms with Gasteiger partial charge in [0.15, 0.2) is 0 Å². The summed E-state index contributed by atoms with van der Waals surface area (Å²) in [6.45, 7) is 0.759. The van der Waals surface area contributed by atoms with Gasteiger partial charge in [0.25, 0.3) is 0 Å². The summed E-state index contributed by atoms with van der Waals surface area (Å²) in [5.74, 6) is 0.644. The van der Waals surface area contributed by atoms with E-state index < -0.39 is 0 Å². The standard InChI is InChI=1S/C6H14N2OS/c7-6-2-1-5(3-6)4-9-10-8/h5-6H,1-4,7-8H2/t5-,6+/m1/s1. The third-order valence-corrected chi connectivity index (χ3v) is 2.23. The average molecular weight is 162 g/mol. The summed E-state index contributed by atoms with van der Waals surface area (Å²) >= 11 is 0.949. The van der Waals surface area contributed by atoms with Crippen LogP contribution in [0.2, 0.25) is 0 Å². The molecule has 0 spiro atoms. The first-order chi connectivity index (χ1) is 4.83. The van der Waals surface area contributed by atoms with E-state index in [9.17, 15) is 0 Å². The molecule has 0 aromatic carbocycles. The Morgan fingerprint density at radius 2 is 2.30 bits per heavy atom. The van der Waals surface area contributed by atoms with Gasteiger partial charge in [0, 0.05) is 6.04 Å². The molecule has 1 rings (SSSR count). The molecule has 0 bridgehead atoms. The van der Waals surface area contributed by atoms with Crippen LogP contribution in [0, 0.1) is 5.92 Å². The van der Waals surface area contributed by atoms with Gasteiger partial charge in [-0.2, -0.15) is 0 Å². The van der Waals surface area contributed by atoms with E-state index in [0.717, 1.165) is 31.7 Å². The molecule has 1 saturated carbocycles. The highest BCUT2D eigenvalue weighted by Gasteiger charge is 2.21. The highest BCUT2D eigenvalue weighted by molar-refractivity contribution is 7.92. The van der Waals surface area contributed by atoms with Crippen LogP contribution >= 0.6 is 12.2 Å². The van der Waals surface area contributed by atoms with Crippen LogP contribution < -0.4 is 10.9 Å². The van der Waals surface area contributed by atoms with Crippen LogP contribution in [0.3, 0.4) is 0 Å². The molecule has 0 aliphatic heterocycles. The van der Waals surface area contributed by atoms with Gasteiger partial charge in [0.05, 0.1) is 18.8 Å². The number of rotatable bonds is 3. The quantitative estimate of drug-likeness (QED) is 0.472. The summed E-state index contributed by atoms with van der Waals surface area (Å²) in [4.78, 5) is 0. The third-order valence-electron chi connectivity index (χ3n) is 1.95. The Hall–Kier alpha value is 0.230. The van der Waals surface area contributed by atoms with E-state index >= 15 is 0 Å². The van der Waals surface area contributed by atoms with Crippen molar-refractivity contribution in [2.45, 2.75) is 25.3 Å². The molecule has 0 saturated heterocycles. The molecule has 0 unspecified atom stereocenters. The van der Waals surface area contributed by atoms with E-state index in [0.29, 0.717) is 12.0 Å². The van der Waals surface area contributed by atoms with Crippen molar-refractivity contribution >= 4 is 12.2 Å². The van der Waals surface area contributed by atoms with E-state index in [1.54, 1.807) is 0 Å². The normalized spacial score (nSPS) is 33.0. The average Bonchev–Trinajstić information content (AvgIpc) is 2.31. The maximum atomic E-state index is 5.70. The summed E-state index contributed by atoms with van der Waals surface area (Å²) in [7, 11) is 0. The zero-order valence-electron chi connectivity index (χ0n) is 5.95. The van der Waals surface area contributed by atoms with Gasteiger partial charge in [-0.15, -0.1) is 0 Å². The Morgan fingerprint density at radius 3 is 2.80 bits per heavy atom. The molecule has 0 radical (unpaired) electrons. The van der Waals surface area contributed by atoms with E-state index in [1.165, 1.54) is 6.42 Å². The summed E-state index contributed by atoms with van der Waals surface area (Å²) in [5, 5.41) is 5.10. The molecular formula is C6H14N2OS. The van der Waals surface area contributed by atoms with Gasteiger partial charge in [-0.05, 0) is 25.2 Å². The fourth-order valence-electron chi connectivity index (χ4n) is 1.40. The first kappa shape index (κ1) is 8.33. The van der Waals surface area contributed by atoms with Gasteiger partial charge in [0.1, 0.15) is 0 Å². The van der Waals surface area contributed by atoms with Crippen molar-refractivity contribution in [3.63, 3.8) is 0 Å². The maximum absolute atomic E-state index is 5.70. The van der Waals surface area contributed by atoms with Crippen molar-refractivity contribution in [3.8, 4) is 0 Å². The molecule has 0 aromatic heterocycles. The molecule has 0 amide bonds. The lowest BCUT2D eigenvalue weighted by atomic mass is 10.1. The summed E-state index contributed by atoms with van der Waals surface area (Å²) in [6, 6.07) is 0.399. The molecule has 2 atom stereocenters. The lowest BCUT2D eigenvalue weighted by Gasteiger charge is -2.06. The van der Waals surface area contributed by atoms with Crippen LogP contribution in [-0.4, -0.2) is 12.6 Å². The highest BCUT2D eigenvalue weighted by Crippen LogP contribution is 2.24. The minimum Gasteiger partial charge on any atom is -0.328 e. The van der Waals surface area contributed by atoms with Gasteiger partial charge >= 0.3 is 0 Å². The van der Waals surface area contributed by atoms with Crippen molar-refractivity contribution in [1.82, 2.24) is 0 Å². The topological polar surface area (TPSA) is 61.3 Å². The lowest BCUT2D eigenvalue weighted by Crippen LogP contribution is -2.15. The van der Waals surface area contributed by atoms with Crippen molar-refractivity contribution in [2.75, 3.05) is 6.61 Å². The maximum Gasteiger partial charge on any atom is 0.0758 e. The van der Waals surface area contributed by atoms with Crippen molar-refractivity contribution < 1.29 is 4.18 Å². The Balaban J connectivity index is 2.06. The Morgan fingerprint density at radius 1 is 1.50 bits per heavy atom. The Kier molecular flexibility index (Phi) is 3.48. The monoisotopic (exact) mass is 162 g/mol. The van der Waals surface area contributed by atoms with Crippen LogP contribution in [-0.2, 0) is 4.18 Å². The molecule has 0 heterocycles. The van der Waals surface area contributed by atoms with Gasteiger partial charge in [0.2, 0.25) is 0 Å². The second-order valence-corrected chi connectivity index (χ2v) is 3.25. The lowest BCUT2D eigenvalue weighted by molar-refractivity contribution is 0.290. The number of hydrogen-bond donors (Lipinski definition) is 2. The zero-order valence-corrected chi connectivity index (χ0v) is 6.77. The van der Waals surface area contributed by atoms with Crippen LogP contribution in [0.5, 0.6) is 0 Å². The molecular weight excluding hydrogens is 148 g/mol. The minimum atomic E-state index is 0.399. The largest absolute Gasteiger partial charge is 0.328 e. The van der Waals surface area contributed by atoms with Crippen LogP contribution in [0.4, 0.5) is 0 Å². The predicted octanol–water partition coefficient (Wildman–Crippen LogP) is 0.652. The molecule has 0 aromatic rings. The van der Waals surface area contributed by atoms with Gasteiger partial charge < -0.3 is 9.92 Å². The molecule has 4 N–H and O–H groups in total. The first-order valence-electron chi connectivity index (χ1n) is 3.57. The van der Waals surface area contributed by atoms with Crippen molar-refractivity contribution in [1.29, 1.82) is 0 Å². The predicted molar refractivity (Wildman–Crippen MR) is 43.0 cm³/mol. The molecule has 1 aliphatic carbocycles. The molecule has 1 fully saturated rings. The SMILES string of the molecule is NSOC[C@@H]1CC[C@H](N)C1. The van der Waals surface area contributed by atoms with Crippen LogP contribution in [0.15, 0.2) is 0 Å². The Labute approximate surface area is 65.8 Å². The van der Waals surface area contributed by atoms with E-state index in [1.807, 2.05) is 0 Å².